The number of benzene rings is 1. The van der Waals surface area contributed by atoms with Crippen LogP contribution in [0.4, 0.5) is 17.5 Å². The fourth-order valence-corrected chi connectivity index (χ4v) is 3.48. The molecule has 30 heavy (non-hydrogen) atoms. The first-order valence-electron chi connectivity index (χ1n) is 9.14. The number of likely N-dealkylation sites (N-methyl/N-ethyl adjacent to an activating group) is 1. The molecule has 3 N–H and O–H groups in total. The molecule has 0 unspecified atom stereocenters. The first-order valence-corrected chi connectivity index (χ1v) is 10.3. The molecule has 9 nitrogen and oxygen atoms in total. The lowest BCUT2D eigenvalue weighted by molar-refractivity contribution is -0.121. The van der Waals surface area contributed by atoms with Gasteiger partial charge in [-0.15, -0.1) is 0 Å². The second-order valence-corrected chi connectivity index (χ2v) is 8.24. The molecule has 2 aromatic heterocycles. The smallest absolute Gasteiger partial charge is 0.241 e. The lowest BCUT2D eigenvalue weighted by atomic mass is 10.2. The van der Waals surface area contributed by atoms with Crippen molar-refractivity contribution < 1.29 is 4.79 Å². The molecule has 0 saturated carbocycles. The largest absolute Gasteiger partial charge is 0.365 e. The molecule has 158 valence electrons. The molecule has 2 heterocycles. The van der Waals surface area contributed by atoms with Crippen molar-refractivity contribution in [1.29, 1.82) is 0 Å². The monoisotopic (exact) mass is 446 g/mol. The normalized spacial score (nSPS) is 10.8. The quantitative estimate of drug-likeness (QED) is 0.431. The van der Waals surface area contributed by atoms with E-state index < -0.39 is 0 Å². The van der Waals surface area contributed by atoms with Crippen LogP contribution in [-0.2, 0) is 17.9 Å². The average Bonchev–Trinajstić information content (AvgIpc) is 3.15. The molecular formula is C19H23ClN8OS. The third kappa shape index (κ3) is 6.09. The van der Waals surface area contributed by atoms with Gasteiger partial charge >= 0.3 is 0 Å². The number of halogens is 1. The lowest BCUT2D eigenvalue weighted by Gasteiger charge is -2.14. The molecule has 11 heteroatoms. The number of anilines is 3. The van der Waals surface area contributed by atoms with E-state index in [0.29, 0.717) is 29.0 Å². The van der Waals surface area contributed by atoms with Crippen molar-refractivity contribution in [3.8, 4) is 0 Å². The highest BCUT2D eigenvalue weighted by molar-refractivity contribution is 7.97. The molecule has 1 amide bonds. The number of rotatable bonds is 9. The Morgan fingerprint density at radius 3 is 2.83 bits per heavy atom. The maximum atomic E-state index is 11.5. The Hall–Kier alpha value is -2.82. The van der Waals surface area contributed by atoms with Gasteiger partial charge in [0.2, 0.25) is 11.9 Å². The highest BCUT2D eigenvalue weighted by Crippen LogP contribution is 2.26. The number of hydrogen-bond donors (Lipinski definition) is 3. The Balaban J connectivity index is 1.68. The van der Waals surface area contributed by atoms with Crippen LogP contribution in [0.25, 0.3) is 0 Å². The van der Waals surface area contributed by atoms with Gasteiger partial charge in [0.05, 0.1) is 18.1 Å². The summed E-state index contributed by atoms with van der Waals surface area (Å²) in [5.74, 6) is 0.764. The molecule has 0 atom stereocenters. The zero-order chi connectivity index (χ0) is 21.5. The molecule has 0 aliphatic heterocycles. The fraction of sp³-hybridized carbons (Fsp3) is 0.263. The van der Waals surface area contributed by atoms with Crippen LogP contribution in [-0.4, -0.2) is 51.1 Å². The van der Waals surface area contributed by atoms with Gasteiger partial charge in [0.1, 0.15) is 11.6 Å². The molecule has 3 aromatic rings. The average molecular weight is 447 g/mol. The van der Waals surface area contributed by atoms with E-state index in [9.17, 15) is 4.79 Å². The summed E-state index contributed by atoms with van der Waals surface area (Å²) in [6.07, 6.45) is 4.84. The van der Waals surface area contributed by atoms with Crippen LogP contribution in [0.5, 0.6) is 0 Å². The third-order valence-electron chi connectivity index (χ3n) is 3.92. The molecule has 0 saturated heterocycles. The van der Waals surface area contributed by atoms with Crippen molar-refractivity contribution in [3.63, 3.8) is 0 Å². The standard InChI is InChI=1S/C19H23ClN8OS/c1-21-17(29)12-28-11-14(9-24-28)25-19-23-10-15(20)18(26-19)22-8-13-6-4-5-7-16(13)30-27(2)3/h4-7,9-11H,8,12H2,1-3H3,(H,21,29)(H2,22,23,25,26). The van der Waals surface area contributed by atoms with Gasteiger partial charge in [0.25, 0.3) is 0 Å². The molecule has 0 fully saturated rings. The van der Waals surface area contributed by atoms with Gasteiger partial charge < -0.3 is 16.0 Å². The molecule has 1 aromatic carbocycles. The van der Waals surface area contributed by atoms with Crippen molar-refractivity contribution in [2.24, 2.45) is 0 Å². The van der Waals surface area contributed by atoms with Crippen molar-refractivity contribution in [3.05, 3.63) is 53.4 Å². The van der Waals surface area contributed by atoms with Crippen LogP contribution in [0.1, 0.15) is 5.56 Å². The van der Waals surface area contributed by atoms with Crippen molar-refractivity contribution >= 4 is 46.9 Å². The van der Waals surface area contributed by atoms with Gasteiger partial charge in [-0.1, -0.05) is 29.8 Å². The van der Waals surface area contributed by atoms with Crippen LogP contribution in [0.3, 0.4) is 0 Å². The summed E-state index contributed by atoms with van der Waals surface area (Å²) < 4.78 is 3.57. The van der Waals surface area contributed by atoms with E-state index in [1.807, 2.05) is 30.5 Å². The van der Waals surface area contributed by atoms with Crippen LogP contribution in [0.2, 0.25) is 5.02 Å². The summed E-state index contributed by atoms with van der Waals surface area (Å²) in [5, 5.41) is 13.5. The summed E-state index contributed by atoms with van der Waals surface area (Å²) in [6.45, 7) is 0.702. The fourth-order valence-electron chi connectivity index (χ4n) is 2.54. The number of nitrogens with one attached hydrogen (secondary N) is 3. The van der Waals surface area contributed by atoms with E-state index in [4.69, 9.17) is 11.6 Å². The number of hydrogen-bond acceptors (Lipinski definition) is 8. The first-order chi connectivity index (χ1) is 14.4. The Labute approximate surface area is 184 Å². The predicted octanol–water partition coefficient (Wildman–Crippen LogP) is 3.00. The Bertz CT molecular complexity index is 1010. The van der Waals surface area contributed by atoms with E-state index in [1.54, 1.807) is 31.4 Å². The number of nitrogens with zero attached hydrogens (tertiary/aromatic N) is 5. The molecule has 0 spiro atoms. The maximum Gasteiger partial charge on any atom is 0.241 e. The van der Waals surface area contributed by atoms with E-state index in [-0.39, 0.29) is 12.5 Å². The van der Waals surface area contributed by atoms with Crippen LogP contribution < -0.4 is 16.0 Å². The zero-order valence-corrected chi connectivity index (χ0v) is 18.5. The zero-order valence-electron chi connectivity index (χ0n) is 16.9. The van der Waals surface area contributed by atoms with Gasteiger partial charge in [-0.2, -0.15) is 10.1 Å². The number of amides is 1. The Morgan fingerprint density at radius 2 is 2.07 bits per heavy atom. The molecule has 0 radical (unpaired) electrons. The number of carbonyl (C=O) groups is 1. The van der Waals surface area contributed by atoms with E-state index in [0.717, 1.165) is 10.5 Å². The van der Waals surface area contributed by atoms with E-state index in [2.05, 4.69) is 43.1 Å². The van der Waals surface area contributed by atoms with Crippen molar-refractivity contribution in [1.82, 2.24) is 29.4 Å². The predicted molar refractivity (Wildman–Crippen MR) is 120 cm³/mol. The molecule has 0 bridgehead atoms. The summed E-state index contributed by atoms with van der Waals surface area (Å²) in [4.78, 5) is 21.3. The van der Waals surface area contributed by atoms with E-state index in [1.165, 1.54) is 10.9 Å². The SMILES string of the molecule is CNC(=O)Cn1cc(Nc2ncc(Cl)c(NCc3ccccc3SN(C)C)n2)cn1. The minimum atomic E-state index is -0.133. The molecular weight excluding hydrogens is 424 g/mol. The second-order valence-electron chi connectivity index (χ2n) is 6.48. The van der Waals surface area contributed by atoms with Gasteiger partial charge in [-0.05, 0) is 37.7 Å². The van der Waals surface area contributed by atoms with Crippen LogP contribution >= 0.6 is 23.5 Å². The second kappa shape index (κ2) is 10.3. The summed E-state index contributed by atoms with van der Waals surface area (Å²) in [6, 6.07) is 8.15. The van der Waals surface area contributed by atoms with Gasteiger partial charge in [0.15, 0.2) is 5.82 Å². The minimum absolute atomic E-state index is 0.133. The van der Waals surface area contributed by atoms with Crippen LogP contribution in [0.15, 0.2) is 47.8 Å². The molecule has 3 rings (SSSR count). The van der Waals surface area contributed by atoms with Gasteiger partial charge in [-0.3, -0.25) is 13.8 Å². The highest BCUT2D eigenvalue weighted by Gasteiger charge is 2.10. The number of carbonyl (C=O) groups excluding carboxylic acids is 1. The molecule has 0 aliphatic rings. The first kappa shape index (κ1) is 21.9. The third-order valence-corrected chi connectivity index (χ3v) is 5.15. The van der Waals surface area contributed by atoms with Gasteiger partial charge in [-0.25, -0.2) is 4.98 Å². The number of aromatic nitrogens is 4. The highest BCUT2D eigenvalue weighted by atomic mass is 35.5. The summed E-state index contributed by atoms with van der Waals surface area (Å²) in [7, 11) is 5.59. The van der Waals surface area contributed by atoms with Crippen LogP contribution in [0, 0.1) is 0 Å². The molecule has 0 aliphatic carbocycles. The van der Waals surface area contributed by atoms with Crippen molar-refractivity contribution in [2.75, 3.05) is 31.8 Å². The minimum Gasteiger partial charge on any atom is -0.365 e. The topological polar surface area (TPSA) is 100 Å². The van der Waals surface area contributed by atoms with Gasteiger partial charge in [0, 0.05) is 24.7 Å². The van der Waals surface area contributed by atoms with Crippen molar-refractivity contribution in [2.45, 2.75) is 18.0 Å². The summed E-state index contributed by atoms with van der Waals surface area (Å²) >= 11 is 7.93. The summed E-state index contributed by atoms with van der Waals surface area (Å²) in [5.41, 5.74) is 1.80. The Morgan fingerprint density at radius 1 is 1.27 bits per heavy atom. The Kier molecular flexibility index (Phi) is 7.50. The van der Waals surface area contributed by atoms with E-state index >= 15 is 0 Å². The lowest BCUT2D eigenvalue weighted by Crippen LogP contribution is -2.23. The maximum absolute atomic E-state index is 11.5.